The highest BCUT2D eigenvalue weighted by atomic mass is 16.5. The first-order valence-corrected chi connectivity index (χ1v) is 8.12. The van der Waals surface area contributed by atoms with E-state index in [-0.39, 0.29) is 17.1 Å². The van der Waals surface area contributed by atoms with Crippen LogP contribution in [0.2, 0.25) is 0 Å². The van der Waals surface area contributed by atoms with Crippen molar-refractivity contribution >= 4 is 11.8 Å². The predicted octanol–water partition coefficient (Wildman–Crippen LogP) is 2.51. The molecule has 1 aromatic heterocycles. The first-order valence-electron chi connectivity index (χ1n) is 8.12. The Labute approximate surface area is 152 Å². The van der Waals surface area contributed by atoms with Crippen LogP contribution in [0.15, 0.2) is 24.3 Å². The number of nitrogens with zero attached hydrogens (tertiary/aromatic N) is 1. The van der Waals surface area contributed by atoms with Gasteiger partial charge in [-0.2, -0.15) is 0 Å². The number of hydrogen-bond acceptors (Lipinski definition) is 6. The average molecular weight is 361 g/mol. The summed E-state index contributed by atoms with van der Waals surface area (Å²) in [5.74, 6) is -0.927. The molecule has 1 N–H and O–H groups in total. The molecule has 0 aliphatic heterocycles. The Balaban J connectivity index is 2.08. The molecule has 2 rings (SSSR count). The minimum atomic E-state index is -0.789. The maximum absolute atomic E-state index is 12.4. The van der Waals surface area contributed by atoms with Gasteiger partial charge in [-0.25, -0.2) is 4.79 Å². The Morgan fingerprint density at radius 1 is 1.12 bits per heavy atom. The topological polar surface area (TPSA) is 87.0 Å². The monoisotopic (exact) mass is 361 g/mol. The molecule has 26 heavy (non-hydrogen) atoms. The van der Waals surface area contributed by atoms with E-state index in [1.54, 1.807) is 13.2 Å². The van der Waals surface area contributed by atoms with Crippen molar-refractivity contribution in [2.75, 3.05) is 27.4 Å². The summed E-state index contributed by atoms with van der Waals surface area (Å²) in [7, 11) is 3.07. The van der Waals surface area contributed by atoms with E-state index in [1.807, 2.05) is 18.4 Å². The van der Waals surface area contributed by atoms with E-state index in [1.165, 1.54) is 25.3 Å². The zero-order valence-corrected chi connectivity index (χ0v) is 15.4. The van der Waals surface area contributed by atoms with Crippen LogP contribution >= 0.6 is 0 Å². The molecule has 1 aromatic carbocycles. The lowest BCUT2D eigenvalue weighted by molar-refractivity contribution is 0.0471. The summed E-state index contributed by atoms with van der Waals surface area (Å²) in [5.41, 5.74) is 2.17. The van der Waals surface area contributed by atoms with E-state index in [2.05, 4.69) is 0 Å². The molecule has 0 bridgehead atoms. The van der Waals surface area contributed by atoms with Crippen LogP contribution in [0.25, 0.3) is 0 Å². The molecule has 140 valence electrons. The number of ketones is 1. The molecule has 0 fully saturated rings. The van der Waals surface area contributed by atoms with Crippen molar-refractivity contribution in [3.05, 3.63) is 46.8 Å². The number of phenols is 1. The lowest BCUT2D eigenvalue weighted by atomic mass is 10.1. The number of hydrogen-bond donors (Lipinski definition) is 1. The van der Waals surface area contributed by atoms with Crippen LogP contribution in [0.1, 0.15) is 32.1 Å². The third kappa shape index (κ3) is 4.23. The average Bonchev–Trinajstić information content (AvgIpc) is 2.92. The fourth-order valence-corrected chi connectivity index (χ4v) is 2.70. The standard InChI is InChI=1S/C19H23NO6/c1-12-9-15(13(2)20(12)7-8-24-3)18(22)11-26-19(23)16-10-14(25-4)5-6-17(16)21/h5-6,9-10,21H,7-8,11H2,1-4H3. The van der Waals surface area contributed by atoms with Crippen molar-refractivity contribution in [1.29, 1.82) is 0 Å². The summed E-state index contributed by atoms with van der Waals surface area (Å²) < 4.78 is 17.1. The number of Topliss-reactive ketones (excluding diaryl/α,β-unsaturated/α-hetero) is 1. The lowest BCUT2D eigenvalue weighted by Crippen LogP contribution is -2.15. The van der Waals surface area contributed by atoms with Crippen LogP contribution in [0.5, 0.6) is 11.5 Å². The molecule has 1 heterocycles. The molecular formula is C19H23NO6. The number of esters is 1. The molecule has 0 atom stereocenters. The second kappa shape index (κ2) is 8.53. The summed E-state index contributed by atoms with van der Waals surface area (Å²) in [6.07, 6.45) is 0. The highest BCUT2D eigenvalue weighted by molar-refractivity contribution is 6.01. The molecule has 0 spiro atoms. The lowest BCUT2D eigenvalue weighted by Gasteiger charge is -2.09. The van der Waals surface area contributed by atoms with Gasteiger partial charge in [-0.15, -0.1) is 0 Å². The molecule has 7 heteroatoms. The molecule has 7 nitrogen and oxygen atoms in total. The SMILES string of the molecule is COCCn1c(C)cc(C(=O)COC(=O)c2cc(OC)ccc2O)c1C. The van der Waals surface area contributed by atoms with Gasteiger partial charge in [0, 0.05) is 30.6 Å². The number of aromatic hydroxyl groups is 1. The van der Waals surface area contributed by atoms with Crippen molar-refractivity contribution in [2.24, 2.45) is 0 Å². The van der Waals surface area contributed by atoms with Crippen molar-refractivity contribution in [3.63, 3.8) is 0 Å². The summed E-state index contributed by atoms with van der Waals surface area (Å²) in [6.45, 7) is 4.50. The normalized spacial score (nSPS) is 10.6. The van der Waals surface area contributed by atoms with Crippen molar-refractivity contribution in [1.82, 2.24) is 4.57 Å². The molecule has 0 aliphatic rings. The molecule has 2 aromatic rings. The summed E-state index contributed by atoms with van der Waals surface area (Å²) >= 11 is 0. The smallest absolute Gasteiger partial charge is 0.342 e. The number of phenolic OH excluding ortho intramolecular Hbond substituents is 1. The van der Waals surface area contributed by atoms with Gasteiger partial charge >= 0.3 is 5.97 Å². The highest BCUT2D eigenvalue weighted by Crippen LogP contribution is 2.24. The Bertz CT molecular complexity index is 809. The van der Waals surface area contributed by atoms with Crippen molar-refractivity contribution in [3.8, 4) is 11.5 Å². The third-order valence-electron chi connectivity index (χ3n) is 4.15. The van der Waals surface area contributed by atoms with E-state index in [0.29, 0.717) is 24.5 Å². The van der Waals surface area contributed by atoms with Gasteiger partial charge in [-0.1, -0.05) is 0 Å². The maximum atomic E-state index is 12.4. The first-order chi connectivity index (χ1) is 12.4. The molecular weight excluding hydrogens is 338 g/mol. The zero-order valence-electron chi connectivity index (χ0n) is 15.4. The number of benzene rings is 1. The number of aromatic nitrogens is 1. The van der Waals surface area contributed by atoms with E-state index >= 15 is 0 Å². The Morgan fingerprint density at radius 3 is 2.50 bits per heavy atom. The van der Waals surface area contributed by atoms with E-state index in [0.717, 1.165) is 11.4 Å². The second-order valence-electron chi connectivity index (χ2n) is 5.81. The maximum Gasteiger partial charge on any atom is 0.342 e. The van der Waals surface area contributed by atoms with Crippen molar-refractivity contribution < 1.29 is 28.9 Å². The second-order valence-corrected chi connectivity index (χ2v) is 5.81. The summed E-state index contributed by atoms with van der Waals surface area (Å²) in [4.78, 5) is 24.6. The minimum absolute atomic E-state index is 0.0530. The largest absolute Gasteiger partial charge is 0.507 e. The number of carbonyl (C=O) groups is 2. The van der Waals surface area contributed by atoms with Crippen LogP contribution < -0.4 is 4.74 Å². The van der Waals surface area contributed by atoms with E-state index in [4.69, 9.17) is 14.2 Å². The van der Waals surface area contributed by atoms with Gasteiger partial charge < -0.3 is 23.9 Å². The quantitative estimate of drug-likeness (QED) is 0.574. The third-order valence-corrected chi connectivity index (χ3v) is 4.15. The van der Waals surface area contributed by atoms with Gasteiger partial charge in [-0.3, -0.25) is 4.79 Å². The van der Waals surface area contributed by atoms with Gasteiger partial charge in [-0.05, 0) is 38.1 Å². The fraction of sp³-hybridized carbons (Fsp3) is 0.368. The molecule has 0 amide bonds. The number of carbonyl (C=O) groups excluding carboxylic acids is 2. The van der Waals surface area contributed by atoms with Crippen molar-refractivity contribution in [2.45, 2.75) is 20.4 Å². The number of rotatable bonds is 8. The van der Waals surface area contributed by atoms with E-state index < -0.39 is 12.6 Å². The number of ether oxygens (including phenoxy) is 3. The zero-order chi connectivity index (χ0) is 19.3. The molecule has 0 saturated carbocycles. The molecule has 0 unspecified atom stereocenters. The Morgan fingerprint density at radius 2 is 1.85 bits per heavy atom. The van der Waals surface area contributed by atoms with Gasteiger partial charge in [0.15, 0.2) is 6.61 Å². The van der Waals surface area contributed by atoms with Gasteiger partial charge in [0.25, 0.3) is 0 Å². The summed E-state index contributed by atoms with van der Waals surface area (Å²) in [5, 5.41) is 9.79. The predicted molar refractivity (Wildman–Crippen MR) is 95.1 cm³/mol. The van der Waals surface area contributed by atoms with Crippen LogP contribution in [-0.4, -0.2) is 48.9 Å². The van der Waals surface area contributed by atoms with E-state index in [9.17, 15) is 14.7 Å². The van der Waals surface area contributed by atoms with Crippen LogP contribution in [0.4, 0.5) is 0 Å². The Kier molecular flexibility index (Phi) is 6.41. The fourth-order valence-electron chi connectivity index (χ4n) is 2.70. The van der Waals surface area contributed by atoms with Gasteiger partial charge in [0.2, 0.25) is 5.78 Å². The Hall–Kier alpha value is -2.80. The van der Waals surface area contributed by atoms with Gasteiger partial charge in [0.1, 0.15) is 17.1 Å². The molecule has 0 radical (unpaired) electrons. The van der Waals surface area contributed by atoms with Crippen LogP contribution in [-0.2, 0) is 16.0 Å². The molecule has 0 aliphatic carbocycles. The minimum Gasteiger partial charge on any atom is -0.507 e. The highest BCUT2D eigenvalue weighted by Gasteiger charge is 2.19. The van der Waals surface area contributed by atoms with Crippen LogP contribution in [0.3, 0.4) is 0 Å². The first kappa shape index (κ1) is 19.5. The number of methoxy groups -OCH3 is 2. The van der Waals surface area contributed by atoms with Gasteiger partial charge in [0.05, 0.1) is 13.7 Å². The summed E-state index contributed by atoms with van der Waals surface area (Å²) in [6, 6.07) is 5.98. The van der Waals surface area contributed by atoms with Crippen LogP contribution in [0, 0.1) is 13.8 Å². The molecule has 0 saturated heterocycles. The number of aryl methyl sites for hydroxylation is 1.